The van der Waals surface area contributed by atoms with Gasteiger partial charge in [0.2, 0.25) is 0 Å². The molecule has 16 heavy (non-hydrogen) atoms. The second-order valence-electron chi connectivity index (χ2n) is 3.82. The van der Waals surface area contributed by atoms with Gasteiger partial charge < -0.3 is 4.74 Å². The molecular weight excluding hydrogens is 204 g/mol. The summed E-state index contributed by atoms with van der Waals surface area (Å²) in [6, 6.07) is 9.96. The fourth-order valence-electron chi connectivity index (χ4n) is 1.49. The molecule has 1 rings (SSSR count). The van der Waals surface area contributed by atoms with E-state index in [4.69, 9.17) is 0 Å². The topological polar surface area (TPSA) is 43.4 Å². The van der Waals surface area contributed by atoms with E-state index in [0.29, 0.717) is 12.3 Å². The van der Waals surface area contributed by atoms with Gasteiger partial charge in [0.15, 0.2) is 0 Å². The maximum atomic E-state index is 11.1. The number of esters is 2. The number of hydrogen-bond donors (Lipinski definition) is 0. The van der Waals surface area contributed by atoms with Crippen LogP contribution in [0.4, 0.5) is 0 Å². The second kappa shape index (κ2) is 6.05. The molecule has 86 valence electrons. The van der Waals surface area contributed by atoms with Crippen LogP contribution in [0, 0.1) is 0 Å². The molecule has 0 aliphatic rings. The Hall–Kier alpha value is -1.64. The maximum absolute atomic E-state index is 11.1. The van der Waals surface area contributed by atoms with Gasteiger partial charge in [0, 0.05) is 13.3 Å². The largest absolute Gasteiger partial charge is 0.393 e. The van der Waals surface area contributed by atoms with Gasteiger partial charge in [0.05, 0.1) is 0 Å². The molecule has 0 radical (unpaired) electrons. The van der Waals surface area contributed by atoms with E-state index in [1.54, 1.807) is 0 Å². The Morgan fingerprint density at radius 1 is 1.25 bits per heavy atom. The zero-order chi connectivity index (χ0) is 12.0. The van der Waals surface area contributed by atoms with E-state index in [9.17, 15) is 9.59 Å². The molecule has 0 heterocycles. The lowest BCUT2D eigenvalue weighted by Crippen LogP contribution is -2.09. The molecule has 3 nitrogen and oxygen atoms in total. The van der Waals surface area contributed by atoms with Crippen molar-refractivity contribution in [2.24, 2.45) is 0 Å². The van der Waals surface area contributed by atoms with Gasteiger partial charge in [0.1, 0.15) is 0 Å². The Morgan fingerprint density at radius 3 is 2.44 bits per heavy atom. The third kappa shape index (κ3) is 4.26. The summed E-state index contributed by atoms with van der Waals surface area (Å²) in [6.07, 6.45) is 0.964. The molecule has 0 saturated carbocycles. The van der Waals surface area contributed by atoms with E-state index < -0.39 is 11.9 Å². The number of carbonyl (C=O) groups excluding carboxylic acids is 2. The van der Waals surface area contributed by atoms with Crippen LogP contribution < -0.4 is 0 Å². The van der Waals surface area contributed by atoms with Crippen LogP contribution >= 0.6 is 0 Å². The van der Waals surface area contributed by atoms with E-state index in [2.05, 4.69) is 11.7 Å². The van der Waals surface area contributed by atoms with Crippen molar-refractivity contribution in [3.8, 4) is 0 Å². The lowest BCUT2D eigenvalue weighted by molar-refractivity contribution is -0.158. The number of hydrogen-bond acceptors (Lipinski definition) is 3. The van der Waals surface area contributed by atoms with Crippen molar-refractivity contribution >= 4 is 11.9 Å². The van der Waals surface area contributed by atoms with Crippen LogP contribution in [0.1, 0.15) is 38.2 Å². The van der Waals surface area contributed by atoms with Gasteiger partial charge in [-0.1, -0.05) is 37.3 Å². The highest BCUT2D eigenvalue weighted by Crippen LogP contribution is 2.20. The fourth-order valence-corrected chi connectivity index (χ4v) is 1.49. The summed E-state index contributed by atoms with van der Waals surface area (Å²) < 4.78 is 4.46. The molecule has 0 aliphatic heterocycles. The SMILES string of the molecule is CC(=O)OC(=O)CCC(C)c1ccccc1. The molecule has 3 heteroatoms. The van der Waals surface area contributed by atoms with Gasteiger partial charge >= 0.3 is 11.9 Å². The number of rotatable bonds is 4. The Labute approximate surface area is 95.4 Å². The zero-order valence-electron chi connectivity index (χ0n) is 9.60. The number of ether oxygens (including phenoxy) is 1. The first-order valence-corrected chi connectivity index (χ1v) is 5.36. The lowest BCUT2D eigenvalue weighted by atomic mass is 9.96. The highest BCUT2D eigenvalue weighted by atomic mass is 16.6. The first kappa shape index (κ1) is 12.4. The van der Waals surface area contributed by atoms with Gasteiger partial charge in [-0.2, -0.15) is 0 Å². The first-order valence-electron chi connectivity index (χ1n) is 5.36. The van der Waals surface area contributed by atoms with Crippen LogP contribution in [0.3, 0.4) is 0 Å². The summed E-state index contributed by atoms with van der Waals surface area (Å²) in [7, 11) is 0. The third-order valence-corrected chi connectivity index (χ3v) is 2.41. The molecule has 1 atom stereocenters. The van der Waals surface area contributed by atoms with E-state index in [1.807, 2.05) is 30.3 Å². The van der Waals surface area contributed by atoms with E-state index in [1.165, 1.54) is 12.5 Å². The molecule has 1 unspecified atom stereocenters. The van der Waals surface area contributed by atoms with Crippen LogP contribution in [0.2, 0.25) is 0 Å². The summed E-state index contributed by atoms with van der Waals surface area (Å²) in [5.41, 5.74) is 1.19. The Bertz CT molecular complexity index is 357. The van der Waals surface area contributed by atoms with Crippen molar-refractivity contribution in [2.45, 2.75) is 32.6 Å². The minimum atomic E-state index is -0.544. The van der Waals surface area contributed by atoms with Gasteiger partial charge in [-0.3, -0.25) is 9.59 Å². The van der Waals surface area contributed by atoms with Crippen molar-refractivity contribution in [1.82, 2.24) is 0 Å². The van der Waals surface area contributed by atoms with Crippen molar-refractivity contribution in [1.29, 1.82) is 0 Å². The summed E-state index contributed by atoms with van der Waals surface area (Å²) in [6.45, 7) is 3.29. The van der Waals surface area contributed by atoms with Crippen LogP contribution in [0.25, 0.3) is 0 Å². The molecule has 1 aromatic rings. The van der Waals surface area contributed by atoms with Gasteiger partial charge in [0.25, 0.3) is 0 Å². The number of carbonyl (C=O) groups is 2. The minimum absolute atomic E-state index is 0.273. The van der Waals surface area contributed by atoms with Crippen LogP contribution in [-0.2, 0) is 14.3 Å². The molecule has 1 aromatic carbocycles. The Morgan fingerprint density at radius 2 is 1.88 bits per heavy atom. The molecule has 0 saturated heterocycles. The summed E-state index contributed by atoms with van der Waals surface area (Å²) in [5, 5.41) is 0. The molecule has 0 N–H and O–H groups in total. The van der Waals surface area contributed by atoms with Gasteiger partial charge in [-0.15, -0.1) is 0 Å². The van der Waals surface area contributed by atoms with Crippen molar-refractivity contribution in [3.05, 3.63) is 35.9 Å². The van der Waals surface area contributed by atoms with Crippen LogP contribution in [0.15, 0.2) is 30.3 Å². The van der Waals surface area contributed by atoms with E-state index >= 15 is 0 Å². The van der Waals surface area contributed by atoms with Crippen molar-refractivity contribution < 1.29 is 14.3 Å². The molecule has 0 amide bonds. The third-order valence-electron chi connectivity index (χ3n) is 2.41. The number of benzene rings is 1. The molecule has 0 aromatic heterocycles. The fraction of sp³-hybridized carbons (Fsp3) is 0.385. The summed E-state index contributed by atoms with van der Waals surface area (Å²) >= 11 is 0. The summed E-state index contributed by atoms with van der Waals surface area (Å²) in [4.78, 5) is 21.7. The lowest BCUT2D eigenvalue weighted by Gasteiger charge is -2.10. The van der Waals surface area contributed by atoms with Gasteiger partial charge in [-0.25, -0.2) is 0 Å². The second-order valence-corrected chi connectivity index (χ2v) is 3.82. The minimum Gasteiger partial charge on any atom is -0.393 e. The quantitative estimate of drug-likeness (QED) is 0.578. The Kier molecular flexibility index (Phi) is 4.70. The van der Waals surface area contributed by atoms with Crippen molar-refractivity contribution in [2.75, 3.05) is 0 Å². The predicted molar refractivity (Wildman–Crippen MR) is 60.9 cm³/mol. The monoisotopic (exact) mass is 220 g/mol. The highest BCUT2D eigenvalue weighted by Gasteiger charge is 2.10. The first-order chi connectivity index (χ1) is 7.59. The predicted octanol–water partition coefficient (Wildman–Crippen LogP) is 2.66. The normalized spacial score (nSPS) is 11.9. The highest BCUT2D eigenvalue weighted by molar-refractivity contribution is 5.84. The Balaban J connectivity index is 2.39. The van der Waals surface area contributed by atoms with E-state index in [-0.39, 0.29) is 6.42 Å². The van der Waals surface area contributed by atoms with Crippen LogP contribution in [0.5, 0.6) is 0 Å². The van der Waals surface area contributed by atoms with E-state index in [0.717, 1.165) is 0 Å². The smallest absolute Gasteiger partial charge is 0.313 e. The zero-order valence-corrected chi connectivity index (χ0v) is 9.60. The maximum Gasteiger partial charge on any atom is 0.313 e. The molecule has 0 bridgehead atoms. The molecule has 0 aliphatic carbocycles. The van der Waals surface area contributed by atoms with Gasteiger partial charge in [-0.05, 0) is 17.9 Å². The molecule has 0 fully saturated rings. The average molecular weight is 220 g/mol. The van der Waals surface area contributed by atoms with Crippen LogP contribution in [-0.4, -0.2) is 11.9 Å². The summed E-state index contributed by atoms with van der Waals surface area (Å²) in [5.74, 6) is -0.701. The standard InChI is InChI=1S/C13H16O3/c1-10(12-6-4-3-5-7-12)8-9-13(15)16-11(2)14/h3-7,10H,8-9H2,1-2H3. The average Bonchev–Trinajstić information content (AvgIpc) is 2.26. The van der Waals surface area contributed by atoms with Crippen molar-refractivity contribution in [3.63, 3.8) is 0 Å². The molecular formula is C13H16O3. The molecule has 0 spiro atoms.